The van der Waals surface area contributed by atoms with E-state index in [1.54, 1.807) is 0 Å². The van der Waals surface area contributed by atoms with Crippen molar-refractivity contribution < 1.29 is 13.9 Å². The summed E-state index contributed by atoms with van der Waals surface area (Å²) in [6.45, 7) is 10.0. The number of aryl methyl sites for hydroxylation is 1. The van der Waals surface area contributed by atoms with Gasteiger partial charge in [0.15, 0.2) is 0 Å². The molecule has 0 unspecified atom stereocenters. The second-order valence-electron chi connectivity index (χ2n) is 7.32. The van der Waals surface area contributed by atoms with E-state index in [2.05, 4.69) is 13.8 Å². The molecule has 2 rings (SSSR count). The largest absolute Gasteiger partial charge is 0.425 e. The molecule has 130 valence electrons. The molecule has 1 aromatic heterocycles. The number of fused-ring (bicyclic) bond motifs is 1. The minimum absolute atomic E-state index is 0.270. The first-order chi connectivity index (χ1) is 11.2. The molecule has 0 bridgehead atoms. The van der Waals surface area contributed by atoms with Crippen LogP contribution < -0.4 is 10.4 Å². The second-order valence-corrected chi connectivity index (χ2v) is 7.32. The molecule has 0 aliphatic rings. The molecular formula is C20H26O4. The van der Waals surface area contributed by atoms with Gasteiger partial charge in [-0.25, -0.2) is 4.79 Å². The van der Waals surface area contributed by atoms with E-state index in [1.165, 1.54) is 6.07 Å². The summed E-state index contributed by atoms with van der Waals surface area (Å²) < 4.78 is 10.8. The van der Waals surface area contributed by atoms with Crippen molar-refractivity contribution in [1.82, 2.24) is 0 Å². The highest BCUT2D eigenvalue weighted by atomic mass is 16.5. The quantitative estimate of drug-likeness (QED) is 0.568. The fourth-order valence-electron chi connectivity index (χ4n) is 2.47. The monoisotopic (exact) mass is 330 g/mol. The number of hydrogen-bond acceptors (Lipinski definition) is 4. The molecule has 0 saturated carbocycles. The maximum absolute atomic E-state index is 12.6. The van der Waals surface area contributed by atoms with E-state index in [9.17, 15) is 9.59 Å². The number of benzene rings is 1. The average molecular weight is 330 g/mol. The van der Waals surface area contributed by atoms with Crippen LogP contribution in [0.5, 0.6) is 5.75 Å². The van der Waals surface area contributed by atoms with Crippen molar-refractivity contribution in [2.24, 2.45) is 11.3 Å². The predicted molar refractivity (Wildman–Crippen MR) is 95.4 cm³/mol. The first kappa shape index (κ1) is 18.2. The Labute approximate surface area is 142 Å². The van der Waals surface area contributed by atoms with Crippen molar-refractivity contribution in [2.75, 3.05) is 0 Å². The van der Waals surface area contributed by atoms with Gasteiger partial charge in [-0.15, -0.1) is 0 Å². The van der Waals surface area contributed by atoms with Gasteiger partial charge in [-0.1, -0.05) is 26.8 Å². The van der Waals surface area contributed by atoms with Gasteiger partial charge in [-0.3, -0.25) is 4.79 Å². The Morgan fingerprint density at radius 3 is 2.58 bits per heavy atom. The normalized spacial score (nSPS) is 11.9. The number of rotatable bonds is 6. The van der Waals surface area contributed by atoms with Gasteiger partial charge in [0.25, 0.3) is 0 Å². The van der Waals surface area contributed by atoms with Crippen LogP contribution in [0.3, 0.4) is 0 Å². The molecule has 0 fully saturated rings. The van der Waals surface area contributed by atoms with E-state index in [0.29, 0.717) is 16.9 Å². The summed E-state index contributed by atoms with van der Waals surface area (Å²) in [5.41, 5.74) is 0.394. The Balaban J connectivity index is 2.32. The summed E-state index contributed by atoms with van der Waals surface area (Å²) in [6, 6.07) is 6.84. The van der Waals surface area contributed by atoms with Crippen molar-refractivity contribution in [2.45, 2.75) is 53.9 Å². The van der Waals surface area contributed by atoms with Gasteiger partial charge in [0, 0.05) is 0 Å². The van der Waals surface area contributed by atoms with E-state index in [4.69, 9.17) is 9.15 Å². The lowest BCUT2D eigenvalue weighted by Crippen LogP contribution is -2.29. The Kier molecular flexibility index (Phi) is 5.47. The maximum atomic E-state index is 12.6. The van der Waals surface area contributed by atoms with Crippen LogP contribution in [0.25, 0.3) is 11.0 Å². The molecule has 0 aliphatic heterocycles. The van der Waals surface area contributed by atoms with Crippen LogP contribution in [0.2, 0.25) is 0 Å². The topological polar surface area (TPSA) is 56.5 Å². The van der Waals surface area contributed by atoms with E-state index < -0.39 is 11.0 Å². The molecule has 0 atom stereocenters. The van der Waals surface area contributed by atoms with Crippen LogP contribution in [0.15, 0.2) is 33.5 Å². The zero-order valence-corrected chi connectivity index (χ0v) is 15.1. The van der Waals surface area contributed by atoms with E-state index in [0.717, 1.165) is 24.8 Å². The highest BCUT2D eigenvalue weighted by Crippen LogP contribution is 2.30. The molecule has 24 heavy (non-hydrogen) atoms. The number of hydrogen-bond donors (Lipinski definition) is 0. The lowest BCUT2D eigenvalue weighted by Gasteiger charge is -2.23. The summed E-state index contributed by atoms with van der Waals surface area (Å²) in [4.78, 5) is 24.4. The highest BCUT2D eigenvalue weighted by Gasteiger charge is 2.30. The fourth-order valence-corrected chi connectivity index (χ4v) is 2.47. The van der Waals surface area contributed by atoms with E-state index in [1.807, 2.05) is 39.0 Å². The Morgan fingerprint density at radius 1 is 1.25 bits per heavy atom. The minimum Gasteiger partial charge on any atom is -0.425 e. The molecule has 0 radical (unpaired) electrons. The maximum Gasteiger partial charge on any atom is 0.339 e. The average Bonchev–Trinajstić information content (AvgIpc) is 2.52. The van der Waals surface area contributed by atoms with Gasteiger partial charge in [0.05, 0.1) is 16.9 Å². The first-order valence-corrected chi connectivity index (χ1v) is 8.52. The molecule has 2 aromatic rings. The summed E-state index contributed by atoms with van der Waals surface area (Å²) in [6.07, 6.45) is 2.52. The Hall–Kier alpha value is -2.10. The first-order valence-electron chi connectivity index (χ1n) is 8.52. The molecule has 1 heterocycles. The molecule has 0 amide bonds. The molecule has 0 saturated heterocycles. The molecule has 4 nitrogen and oxygen atoms in total. The van der Waals surface area contributed by atoms with Gasteiger partial charge in [-0.2, -0.15) is 0 Å². The number of carbonyl (C=O) groups excluding carboxylic acids is 1. The van der Waals surface area contributed by atoms with Crippen molar-refractivity contribution in [3.63, 3.8) is 0 Å². The van der Waals surface area contributed by atoms with Gasteiger partial charge in [-0.05, 0) is 56.7 Å². The molecule has 1 aromatic carbocycles. The smallest absolute Gasteiger partial charge is 0.339 e. The lowest BCUT2D eigenvalue weighted by atomic mass is 9.85. The third-order valence-corrected chi connectivity index (χ3v) is 4.28. The molecular weight excluding hydrogens is 304 g/mol. The number of carbonyl (C=O) groups is 1. The number of esters is 1. The van der Waals surface area contributed by atoms with Crippen LogP contribution in [0.1, 0.15) is 53.0 Å². The van der Waals surface area contributed by atoms with E-state index in [-0.39, 0.29) is 11.7 Å². The second kappa shape index (κ2) is 7.20. The summed E-state index contributed by atoms with van der Waals surface area (Å²) >= 11 is 0. The van der Waals surface area contributed by atoms with Crippen molar-refractivity contribution in [3.05, 3.63) is 40.2 Å². The zero-order valence-electron chi connectivity index (χ0n) is 15.1. The van der Waals surface area contributed by atoms with Crippen molar-refractivity contribution in [3.8, 4) is 5.75 Å². The Morgan fingerprint density at radius 2 is 1.96 bits per heavy atom. The third-order valence-electron chi connectivity index (χ3n) is 4.28. The van der Waals surface area contributed by atoms with Crippen LogP contribution in [-0.2, 0) is 11.2 Å². The zero-order chi connectivity index (χ0) is 17.9. The van der Waals surface area contributed by atoms with Gasteiger partial charge in [0.2, 0.25) is 0 Å². The van der Waals surface area contributed by atoms with Crippen LogP contribution in [-0.4, -0.2) is 5.97 Å². The minimum atomic E-state index is -0.601. The molecule has 0 N–H and O–H groups in total. The third kappa shape index (κ3) is 4.25. The predicted octanol–water partition coefficient (Wildman–Crippen LogP) is 4.72. The fraction of sp³-hybridized carbons (Fsp3) is 0.500. The SMILES string of the molecule is CCc1ccc2c(OC(=O)C(C)(C)CCC(C)C)cc(=O)oc2c1. The van der Waals surface area contributed by atoms with Gasteiger partial charge in [0.1, 0.15) is 11.3 Å². The summed E-state index contributed by atoms with van der Waals surface area (Å²) in [5.74, 6) is 0.468. The van der Waals surface area contributed by atoms with Gasteiger partial charge < -0.3 is 9.15 Å². The molecule has 4 heteroatoms. The van der Waals surface area contributed by atoms with E-state index >= 15 is 0 Å². The lowest BCUT2D eigenvalue weighted by molar-refractivity contribution is -0.144. The molecule has 0 spiro atoms. The summed E-state index contributed by atoms with van der Waals surface area (Å²) in [7, 11) is 0. The van der Waals surface area contributed by atoms with Crippen LogP contribution in [0, 0.1) is 11.3 Å². The molecule has 0 aliphatic carbocycles. The summed E-state index contributed by atoms with van der Waals surface area (Å²) in [5, 5.41) is 0.639. The standard InChI is InChI=1S/C20H26O4/c1-6-14-7-8-15-16(11-14)23-18(21)12-17(15)24-19(22)20(4,5)10-9-13(2)3/h7-8,11-13H,6,9-10H2,1-5H3. The number of ether oxygens (including phenoxy) is 1. The van der Waals surface area contributed by atoms with Crippen LogP contribution >= 0.6 is 0 Å². The van der Waals surface area contributed by atoms with Gasteiger partial charge >= 0.3 is 11.6 Å². The highest BCUT2D eigenvalue weighted by molar-refractivity contribution is 5.88. The van der Waals surface area contributed by atoms with Crippen LogP contribution in [0.4, 0.5) is 0 Å². The Bertz CT molecular complexity index is 784. The van der Waals surface area contributed by atoms with Crippen molar-refractivity contribution >= 4 is 16.9 Å². The van der Waals surface area contributed by atoms with Crippen molar-refractivity contribution in [1.29, 1.82) is 0 Å².